The molecule has 88 valence electrons. The Labute approximate surface area is 95.2 Å². The van der Waals surface area contributed by atoms with Crippen molar-refractivity contribution in [2.45, 2.75) is 32.4 Å². The van der Waals surface area contributed by atoms with Crippen LogP contribution in [0.2, 0.25) is 0 Å². The lowest BCUT2D eigenvalue weighted by Crippen LogP contribution is -2.43. The van der Waals surface area contributed by atoms with Crippen LogP contribution in [0, 0.1) is 12.8 Å². The first-order valence-corrected chi connectivity index (χ1v) is 6.06. The molecule has 3 atom stereocenters. The molecule has 0 aromatic carbocycles. The highest BCUT2D eigenvalue weighted by atomic mass is 16.5. The lowest BCUT2D eigenvalue weighted by atomic mass is 9.94. The Hall–Kier alpha value is -0.940. The van der Waals surface area contributed by atoms with E-state index in [-0.39, 0.29) is 0 Å². The number of nitrogens with zero attached hydrogens (tertiary/aromatic N) is 3. The highest BCUT2D eigenvalue weighted by molar-refractivity contribution is 4.92. The summed E-state index contributed by atoms with van der Waals surface area (Å²) >= 11 is 0. The van der Waals surface area contributed by atoms with E-state index in [1.165, 1.54) is 32.5 Å². The quantitative estimate of drug-likeness (QED) is 0.810. The van der Waals surface area contributed by atoms with E-state index in [4.69, 9.17) is 4.52 Å². The molecule has 1 aromatic rings. The van der Waals surface area contributed by atoms with Gasteiger partial charge in [-0.1, -0.05) is 5.16 Å². The summed E-state index contributed by atoms with van der Waals surface area (Å²) in [5.41, 5.74) is 0. The smallest absolute Gasteiger partial charge is 0.240 e. The Morgan fingerprint density at radius 3 is 3.12 bits per heavy atom. The van der Waals surface area contributed by atoms with Crippen molar-refractivity contribution >= 4 is 0 Å². The van der Waals surface area contributed by atoms with Gasteiger partial charge in [-0.05, 0) is 38.8 Å². The van der Waals surface area contributed by atoms with Crippen LogP contribution in [0.1, 0.15) is 24.6 Å². The van der Waals surface area contributed by atoms with E-state index in [2.05, 4.69) is 20.4 Å². The van der Waals surface area contributed by atoms with E-state index < -0.39 is 0 Å². The Bertz CT molecular complexity index is 365. The van der Waals surface area contributed by atoms with Crippen molar-refractivity contribution in [3.05, 3.63) is 11.7 Å². The second-order valence-electron chi connectivity index (χ2n) is 4.86. The molecule has 0 radical (unpaired) electrons. The standard InChI is InChI=1S/C11H18N4O/c1-8-13-11(16-14-8)6-12-10-3-5-15-4-2-9(10)7-15/h9-10,12H,2-7H2,1H3. The average Bonchev–Trinajstić information content (AvgIpc) is 2.86. The molecule has 2 aliphatic heterocycles. The van der Waals surface area contributed by atoms with Gasteiger partial charge in [0, 0.05) is 12.6 Å². The summed E-state index contributed by atoms with van der Waals surface area (Å²) in [6.07, 6.45) is 2.58. The molecular weight excluding hydrogens is 204 g/mol. The van der Waals surface area contributed by atoms with E-state index in [1.807, 2.05) is 6.92 Å². The molecule has 0 amide bonds. The van der Waals surface area contributed by atoms with Gasteiger partial charge in [0.15, 0.2) is 5.82 Å². The average molecular weight is 222 g/mol. The number of aryl methyl sites for hydroxylation is 1. The van der Waals surface area contributed by atoms with Crippen molar-refractivity contribution in [3.63, 3.8) is 0 Å². The van der Waals surface area contributed by atoms with Crippen molar-refractivity contribution in [1.82, 2.24) is 20.4 Å². The zero-order valence-corrected chi connectivity index (χ0v) is 9.65. The van der Waals surface area contributed by atoms with Crippen LogP contribution in [-0.4, -0.2) is 40.7 Å². The SMILES string of the molecule is Cc1noc(CNC2CCN3CCC2C3)n1. The molecule has 5 nitrogen and oxygen atoms in total. The van der Waals surface area contributed by atoms with Gasteiger partial charge in [0.2, 0.25) is 5.89 Å². The fraction of sp³-hybridized carbons (Fsp3) is 0.818. The molecule has 16 heavy (non-hydrogen) atoms. The third kappa shape index (κ3) is 1.97. The third-order valence-corrected chi connectivity index (χ3v) is 3.72. The Morgan fingerprint density at radius 2 is 2.31 bits per heavy atom. The molecule has 1 N–H and O–H groups in total. The van der Waals surface area contributed by atoms with Crippen LogP contribution in [0.15, 0.2) is 4.52 Å². The predicted octanol–water partition coefficient (Wildman–Crippen LogP) is 0.562. The third-order valence-electron chi connectivity index (χ3n) is 3.72. The summed E-state index contributed by atoms with van der Waals surface area (Å²) in [6, 6.07) is 0.631. The van der Waals surface area contributed by atoms with Crippen molar-refractivity contribution < 1.29 is 4.52 Å². The minimum absolute atomic E-state index is 0.631. The Balaban J connectivity index is 1.55. The van der Waals surface area contributed by atoms with Gasteiger partial charge in [0.05, 0.1) is 6.54 Å². The highest BCUT2D eigenvalue weighted by Crippen LogP contribution is 2.27. The molecule has 1 aromatic heterocycles. The molecule has 2 fully saturated rings. The van der Waals surface area contributed by atoms with Crippen LogP contribution in [0.3, 0.4) is 0 Å². The largest absolute Gasteiger partial charge is 0.338 e. The summed E-state index contributed by atoms with van der Waals surface area (Å²) < 4.78 is 5.10. The minimum Gasteiger partial charge on any atom is -0.338 e. The van der Waals surface area contributed by atoms with Crippen LogP contribution < -0.4 is 5.32 Å². The predicted molar refractivity (Wildman–Crippen MR) is 58.8 cm³/mol. The number of nitrogens with one attached hydrogen (secondary N) is 1. The van der Waals surface area contributed by atoms with Gasteiger partial charge >= 0.3 is 0 Å². The number of fused-ring (bicyclic) bond motifs is 2. The molecular formula is C11H18N4O. The summed E-state index contributed by atoms with van der Waals surface area (Å²) in [4.78, 5) is 6.76. The van der Waals surface area contributed by atoms with E-state index >= 15 is 0 Å². The monoisotopic (exact) mass is 222 g/mol. The first-order valence-electron chi connectivity index (χ1n) is 6.06. The number of rotatable bonds is 3. The molecule has 3 unspecified atom stereocenters. The van der Waals surface area contributed by atoms with Gasteiger partial charge in [0.1, 0.15) is 0 Å². The molecule has 2 bridgehead atoms. The Kier molecular flexibility index (Phi) is 2.65. The van der Waals surface area contributed by atoms with Crippen molar-refractivity contribution in [2.24, 2.45) is 5.92 Å². The fourth-order valence-corrected chi connectivity index (χ4v) is 2.85. The second-order valence-corrected chi connectivity index (χ2v) is 4.86. The normalized spacial score (nSPS) is 33.2. The maximum atomic E-state index is 5.10. The fourth-order valence-electron chi connectivity index (χ4n) is 2.85. The Morgan fingerprint density at radius 1 is 1.44 bits per heavy atom. The van der Waals surface area contributed by atoms with Gasteiger partial charge in [-0.25, -0.2) is 0 Å². The van der Waals surface area contributed by atoms with Gasteiger partial charge in [-0.15, -0.1) is 0 Å². The van der Waals surface area contributed by atoms with Gasteiger partial charge in [-0.2, -0.15) is 4.98 Å². The van der Waals surface area contributed by atoms with Crippen molar-refractivity contribution in [2.75, 3.05) is 19.6 Å². The number of hydrogen-bond donors (Lipinski definition) is 1. The highest BCUT2D eigenvalue weighted by Gasteiger charge is 2.33. The van der Waals surface area contributed by atoms with E-state index in [9.17, 15) is 0 Å². The number of aromatic nitrogens is 2. The number of piperidine rings is 1. The number of hydrogen-bond acceptors (Lipinski definition) is 5. The molecule has 0 saturated carbocycles. The van der Waals surface area contributed by atoms with Gasteiger partial charge in [0.25, 0.3) is 0 Å². The zero-order valence-electron chi connectivity index (χ0n) is 9.65. The van der Waals surface area contributed by atoms with Crippen LogP contribution >= 0.6 is 0 Å². The first kappa shape index (κ1) is 10.2. The molecule has 3 rings (SSSR count). The molecule has 2 aliphatic rings. The lowest BCUT2D eigenvalue weighted by Gasteiger charge is -2.30. The van der Waals surface area contributed by atoms with E-state index in [0.29, 0.717) is 24.3 Å². The van der Waals surface area contributed by atoms with Crippen LogP contribution in [-0.2, 0) is 6.54 Å². The second kappa shape index (κ2) is 4.14. The van der Waals surface area contributed by atoms with E-state index in [1.54, 1.807) is 0 Å². The molecule has 0 aliphatic carbocycles. The topological polar surface area (TPSA) is 54.2 Å². The maximum Gasteiger partial charge on any atom is 0.240 e. The molecule has 0 spiro atoms. The lowest BCUT2D eigenvalue weighted by molar-refractivity contribution is 0.215. The van der Waals surface area contributed by atoms with Crippen molar-refractivity contribution in [3.8, 4) is 0 Å². The van der Waals surface area contributed by atoms with Crippen molar-refractivity contribution in [1.29, 1.82) is 0 Å². The molecule has 2 saturated heterocycles. The summed E-state index contributed by atoms with van der Waals surface area (Å²) in [5.74, 6) is 2.24. The zero-order chi connectivity index (χ0) is 11.0. The summed E-state index contributed by atoms with van der Waals surface area (Å²) in [5, 5.41) is 7.35. The molecule has 5 heteroatoms. The van der Waals surface area contributed by atoms with E-state index in [0.717, 1.165) is 5.92 Å². The van der Waals surface area contributed by atoms with Crippen LogP contribution in [0.5, 0.6) is 0 Å². The van der Waals surface area contributed by atoms with Crippen LogP contribution in [0.25, 0.3) is 0 Å². The summed E-state index contributed by atoms with van der Waals surface area (Å²) in [7, 11) is 0. The maximum absolute atomic E-state index is 5.10. The summed E-state index contributed by atoms with van der Waals surface area (Å²) in [6.45, 7) is 6.34. The van der Waals surface area contributed by atoms with Gasteiger partial charge < -0.3 is 14.7 Å². The van der Waals surface area contributed by atoms with Gasteiger partial charge in [-0.3, -0.25) is 0 Å². The first-order chi connectivity index (χ1) is 7.81. The minimum atomic E-state index is 0.631. The van der Waals surface area contributed by atoms with Crippen LogP contribution in [0.4, 0.5) is 0 Å². The molecule has 3 heterocycles.